The van der Waals surface area contributed by atoms with Crippen LogP contribution in [0.15, 0.2) is 10.5 Å². The number of pyridine rings is 1. The van der Waals surface area contributed by atoms with Crippen LogP contribution in [0.4, 0.5) is 8.78 Å². The van der Waals surface area contributed by atoms with Gasteiger partial charge in [-0.2, -0.15) is 0 Å². The molecule has 0 atom stereocenters. The molecular formula is C8H6BrF2NO2. The maximum Gasteiger partial charge on any atom is 0.355 e. The fourth-order valence-electron chi connectivity index (χ4n) is 0.983. The first kappa shape index (κ1) is 11.0. The number of aromatic carboxylic acids is 1. The van der Waals surface area contributed by atoms with Gasteiger partial charge >= 0.3 is 5.97 Å². The van der Waals surface area contributed by atoms with E-state index in [1.165, 1.54) is 6.92 Å². The fraction of sp³-hybridized carbons (Fsp3) is 0.250. The summed E-state index contributed by atoms with van der Waals surface area (Å²) < 4.78 is 24.6. The molecule has 0 amide bonds. The van der Waals surface area contributed by atoms with Gasteiger partial charge in [-0.25, -0.2) is 18.6 Å². The molecule has 3 nitrogen and oxygen atoms in total. The summed E-state index contributed by atoms with van der Waals surface area (Å²) in [7, 11) is 0. The van der Waals surface area contributed by atoms with E-state index in [1.54, 1.807) is 0 Å². The third-order valence-corrected chi connectivity index (χ3v) is 2.38. The SMILES string of the molecule is Cc1cc(C(F)F)c(Br)c(C(=O)O)n1. The summed E-state index contributed by atoms with van der Waals surface area (Å²) >= 11 is 2.79. The maximum atomic E-state index is 12.4. The average molecular weight is 266 g/mol. The van der Waals surface area contributed by atoms with E-state index < -0.39 is 12.4 Å². The van der Waals surface area contributed by atoms with Gasteiger partial charge in [0, 0.05) is 11.3 Å². The number of carbonyl (C=O) groups is 1. The summed E-state index contributed by atoms with van der Waals surface area (Å²) in [6.45, 7) is 1.46. The molecule has 1 N–H and O–H groups in total. The monoisotopic (exact) mass is 265 g/mol. The summed E-state index contributed by atoms with van der Waals surface area (Å²) in [5, 5.41) is 8.66. The van der Waals surface area contributed by atoms with Crippen LogP contribution < -0.4 is 0 Å². The summed E-state index contributed by atoms with van der Waals surface area (Å²) in [6, 6.07) is 1.15. The molecule has 0 fully saturated rings. The van der Waals surface area contributed by atoms with Gasteiger partial charge in [0.2, 0.25) is 0 Å². The Morgan fingerprint density at radius 1 is 1.64 bits per heavy atom. The lowest BCUT2D eigenvalue weighted by Gasteiger charge is -2.06. The van der Waals surface area contributed by atoms with Crippen molar-refractivity contribution in [3.8, 4) is 0 Å². The normalized spacial score (nSPS) is 10.6. The summed E-state index contributed by atoms with van der Waals surface area (Å²) in [5.74, 6) is -1.33. The third kappa shape index (κ3) is 2.06. The van der Waals surface area contributed by atoms with Crippen LogP contribution in [0.2, 0.25) is 0 Å². The van der Waals surface area contributed by atoms with Gasteiger partial charge in [-0.3, -0.25) is 0 Å². The Balaban J connectivity index is 3.40. The summed E-state index contributed by atoms with van der Waals surface area (Å²) in [5.41, 5.74) is -0.490. The van der Waals surface area contributed by atoms with Gasteiger partial charge in [0.15, 0.2) is 5.69 Å². The highest BCUT2D eigenvalue weighted by molar-refractivity contribution is 9.10. The summed E-state index contributed by atoms with van der Waals surface area (Å²) in [6.07, 6.45) is -2.72. The Bertz CT molecular complexity index is 382. The summed E-state index contributed by atoms with van der Waals surface area (Å²) in [4.78, 5) is 14.2. The zero-order valence-corrected chi connectivity index (χ0v) is 8.68. The molecule has 0 aliphatic carbocycles. The van der Waals surface area contributed by atoms with Crippen LogP contribution in [0.5, 0.6) is 0 Å². The van der Waals surface area contributed by atoms with Crippen LogP contribution >= 0.6 is 15.9 Å². The van der Waals surface area contributed by atoms with E-state index in [0.717, 1.165) is 6.07 Å². The highest BCUT2D eigenvalue weighted by Gasteiger charge is 2.20. The largest absolute Gasteiger partial charge is 0.476 e. The van der Waals surface area contributed by atoms with E-state index in [9.17, 15) is 13.6 Å². The van der Waals surface area contributed by atoms with E-state index in [-0.39, 0.29) is 21.4 Å². The lowest BCUT2D eigenvalue weighted by Crippen LogP contribution is -2.05. The number of alkyl halides is 2. The number of hydrogen-bond donors (Lipinski definition) is 1. The predicted molar refractivity (Wildman–Crippen MR) is 48.6 cm³/mol. The molecule has 0 spiro atoms. The number of aryl methyl sites for hydroxylation is 1. The topological polar surface area (TPSA) is 50.2 Å². The second-order valence-corrected chi connectivity index (χ2v) is 3.41. The van der Waals surface area contributed by atoms with Crippen LogP contribution in [0.25, 0.3) is 0 Å². The average Bonchev–Trinajstić information content (AvgIpc) is 2.07. The lowest BCUT2D eigenvalue weighted by atomic mass is 10.2. The molecule has 0 saturated carbocycles. The molecule has 1 aromatic rings. The van der Waals surface area contributed by atoms with E-state index in [1.807, 2.05) is 0 Å². The maximum absolute atomic E-state index is 12.4. The third-order valence-electron chi connectivity index (χ3n) is 1.55. The first-order valence-corrected chi connectivity index (χ1v) is 4.41. The highest BCUT2D eigenvalue weighted by Crippen LogP contribution is 2.29. The van der Waals surface area contributed by atoms with Crippen molar-refractivity contribution in [1.82, 2.24) is 4.98 Å². The minimum absolute atomic E-state index is 0.161. The van der Waals surface area contributed by atoms with Crippen molar-refractivity contribution in [2.75, 3.05) is 0 Å². The number of carboxylic acids is 1. The van der Waals surface area contributed by atoms with Crippen molar-refractivity contribution in [3.63, 3.8) is 0 Å². The first-order chi connectivity index (χ1) is 6.43. The molecule has 0 saturated heterocycles. The van der Waals surface area contributed by atoms with Crippen molar-refractivity contribution < 1.29 is 18.7 Å². The second kappa shape index (κ2) is 4.00. The molecule has 0 bridgehead atoms. The molecule has 0 aliphatic heterocycles. The van der Waals surface area contributed by atoms with E-state index in [0.29, 0.717) is 0 Å². The molecule has 1 heterocycles. The van der Waals surface area contributed by atoms with Crippen LogP contribution in [0.1, 0.15) is 28.2 Å². The van der Waals surface area contributed by atoms with Gasteiger partial charge in [-0.15, -0.1) is 0 Å². The number of nitrogens with zero attached hydrogens (tertiary/aromatic N) is 1. The van der Waals surface area contributed by atoms with Crippen molar-refractivity contribution in [2.24, 2.45) is 0 Å². The highest BCUT2D eigenvalue weighted by atomic mass is 79.9. The van der Waals surface area contributed by atoms with Gasteiger partial charge in [-0.1, -0.05) is 0 Å². The second-order valence-electron chi connectivity index (χ2n) is 2.62. The van der Waals surface area contributed by atoms with Crippen molar-refractivity contribution >= 4 is 21.9 Å². The molecule has 76 valence electrons. The predicted octanol–water partition coefficient (Wildman–Crippen LogP) is 2.79. The quantitative estimate of drug-likeness (QED) is 0.895. The molecule has 0 aliphatic rings. The Morgan fingerprint density at radius 2 is 2.21 bits per heavy atom. The first-order valence-electron chi connectivity index (χ1n) is 3.62. The molecule has 1 rings (SSSR count). The number of hydrogen-bond acceptors (Lipinski definition) is 2. The number of halogens is 3. The van der Waals surface area contributed by atoms with Crippen LogP contribution in [-0.4, -0.2) is 16.1 Å². The van der Waals surface area contributed by atoms with E-state index in [2.05, 4.69) is 20.9 Å². The minimum Gasteiger partial charge on any atom is -0.476 e. The Hall–Kier alpha value is -1.04. The smallest absolute Gasteiger partial charge is 0.355 e. The fourth-order valence-corrected chi connectivity index (χ4v) is 1.53. The van der Waals surface area contributed by atoms with Crippen LogP contribution in [0, 0.1) is 6.92 Å². The van der Waals surface area contributed by atoms with Crippen molar-refractivity contribution in [1.29, 1.82) is 0 Å². The van der Waals surface area contributed by atoms with E-state index >= 15 is 0 Å². The number of aromatic nitrogens is 1. The minimum atomic E-state index is -2.72. The van der Waals surface area contributed by atoms with Crippen molar-refractivity contribution in [3.05, 3.63) is 27.5 Å². The Morgan fingerprint density at radius 3 is 2.64 bits per heavy atom. The number of rotatable bonds is 2. The van der Waals surface area contributed by atoms with Crippen LogP contribution in [-0.2, 0) is 0 Å². The van der Waals surface area contributed by atoms with Crippen LogP contribution in [0.3, 0.4) is 0 Å². The molecule has 6 heteroatoms. The van der Waals surface area contributed by atoms with Crippen molar-refractivity contribution in [2.45, 2.75) is 13.3 Å². The molecular weight excluding hydrogens is 260 g/mol. The van der Waals surface area contributed by atoms with Gasteiger partial charge in [0.1, 0.15) is 0 Å². The molecule has 0 radical (unpaired) electrons. The Kier molecular flexibility index (Phi) is 3.15. The van der Waals surface area contributed by atoms with E-state index in [4.69, 9.17) is 5.11 Å². The molecule has 0 aromatic carbocycles. The zero-order valence-electron chi connectivity index (χ0n) is 7.09. The number of carboxylic acid groups (broad SMARTS) is 1. The lowest BCUT2D eigenvalue weighted by molar-refractivity contribution is 0.0688. The van der Waals surface area contributed by atoms with Gasteiger partial charge < -0.3 is 5.11 Å². The standard InChI is InChI=1S/C8H6BrF2NO2/c1-3-2-4(7(10)11)5(9)6(12-3)8(13)14/h2,7H,1H3,(H,13,14). The zero-order chi connectivity index (χ0) is 10.9. The van der Waals surface area contributed by atoms with Gasteiger partial charge in [0.05, 0.1) is 4.47 Å². The van der Waals surface area contributed by atoms with Gasteiger partial charge in [0.25, 0.3) is 6.43 Å². The molecule has 0 unspecified atom stereocenters. The molecule has 14 heavy (non-hydrogen) atoms. The Labute approximate surface area is 86.9 Å². The molecule has 1 aromatic heterocycles. The van der Waals surface area contributed by atoms with Gasteiger partial charge in [-0.05, 0) is 28.9 Å².